The Balaban J connectivity index is 1.44. The molecule has 0 aromatic heterocycles. The Morgan fingerprint density at radius 1 is 1.00 bits per heavy atom. The number of sulfonamides is 1. The topological polar surface area (TPSA) is 78.0 Å². The lowest BCUT2D eigenvalue weighted by atomic mass is 9.93. The Hall–Kier alpha value is -3.11. The summed E-state index contributed by atoms with van der Waals surface area (Å²) in [7, 11) is -4.01. The second-order valence-corrected chi connectivity index (χ2v) is 9.89. The van der Waals surface area contributed by atoms with Crippen LogP contribution in [-0.2, 0) is 19.6 Å². The Morgan fingerprint density at radius 2 is 1.70 bits per heavy atom. The summed E-state index contributed by atoms with van der Waals surface area (Å²) in [6, 6.07) is 9.57. The van der Waals surface area contributed by atoms with Crippen molar-refractivity contribution in [3.8, 4) is 0 Å². The third-order valence-corrected chi connectivity index (χ3v) is 7.85. The van der Waals surface area contributed by atoms with Crippen molar-refractivity contribution in [1.82, 2.24) is 14.1 Å². The van der Waals surface area contributed by atoms with Crippen molar-refractivity contribution in [1.29, 1.82) is 0 Å². The molecular weight excluding hydrogens is 452 g/mol. The van der Waals surface area contributed by atoms with Gasteiger partial charge in [0.05, 0.1) is 17.4 Å². The van der Waals surface area contributed by atoms with Crippen molar-refractivity contribution in [3.05, 3.63) is 71.4 Å². The van der Waals surface area contributed by atoms with Gasteiger partial charge in [-0.2, -0.15) is 4.31 Å². The highest BCUT2D eigenvalue weighted by Crippen LogP contribution is 2.33. The van der Waals surface area contributed by atoms with E-state index in [4.69, 9.17) is 0 Å². The zero-order valence-corrected chi connectivity index (χ0v) is 18.8. The van der Waals surface area contributed by atoms with Crippen LogP contribution in [0.4, 0.5) is 8.78 Å². The number of hydrogen-bond acceptors (Lipinski definition) is 4. The molecule has 0 N–H and O–H groups in total. The van der Waals surface area contributed by atoms with E-state index in [1.165, 1.54) is 11.8 Å². The lowest BCUT2D eigenvalue weighted by Crippen LogP contribution is -2.51. The van der Waals surface area contributed by atoms with Crippen molar-refractivity contribution in [2.75, 3.05) is 26.2 Å². The van der Waals surface area contributed by atoms with Gasteiger partial charge in [-0.05, 0) is 35.4 Å². The third-order valence-electron chi connectivity index (χ3n) is 5.96. The molecule has 1 fully saturated rings. The number of rotatable bonds is 4. The average molecular weight is 476 g/mol. The number of benzene rings is 2. The van der Waals surface area contributed by atoms with Crippen molar-refractivity contribution >= 4 is 27.9 Å². The third kappa shape index (κ3) is 4.53. The van der Waals surface area contributed by atoms with E-state index in [0.29, 0.717) is 6.07 Å². The van der Waals surface area contributed by atoms with Gasteiger partial charge in [0, 0.05) is 39.3 Å². The first kappa shape index (κ1) is 23.1. The monoisotopic (exact) mass is 475 g/mol. The molecule has 4 rings (SSSR count). The zero-order valence-electron chi connectivity index (χ0n) is 17.9. The van der Waals surface area contributed by atoms with Gasteiger partial charge in [-0.25, -0.2) is 17.2 Å². The minimum Gasteiger partial charge on any atom is -0.340 e. The van der Waals surface area contributed by atoms with Crippen LogP contribution in [0, 0.1) is 11.6 Å². The van der Waals surface area contributed by atoms with E-state index in [-0.39, 0.29) is 49.3 Å². The number of piperazine rings is 1. The smallest absolute Gasteiger partial charge is 0.243 e. The molecule has 33 heavy (non-hydrogen) atoms. The van der Waals surface area contributed by atoms with Gasteiger partial charge in [0.25, 0.3) is 0 Å². The minimum atomic E-state index is -4.01. The first-order valence-corrected chi connectivity index (χ1v) is 11.9. The fraction of sp³-hybridized carbons (Fsp3) is 0.304. The summed E-state index contributed by atoms with van der Waals surface area (Å²) in [5, 5.41) is 0. The van der Waals surface area contributed by atoms with E-state index in [0.717, 1.165) is 27.6 Å². The normalized spacial score (nSPS) is 18.8. The van der Waals surface area contributed by atoms with Gasteiger partial charge in [-0.15, -0.1) is 0 Å². The van der Waals surface area contributed by atoms with E-state index in [1.807, 2.05) is 30.3 Å². The highest BCUT2D eigenvalue weighted by atomic mass is 32.2. The average Bonchev–Trinajstić information content (AvgIpc) is 2.80. The van der Waals surface area contributed by atoms with Crippen LogP contribution < -0.4 is 0 Å². The predicted molar refractivity (Wildman–Crippen MR) is 117 cm³/mol. The molecule has 0 radical (unpaired) electrons. The molecule has 1 unspecified atom stereocenters. The molecule has 7 nitrogen and oxygen atoms in total. The number of hydrogen-bond donors (Lipinski definition) is 0. The summed E-state index contributed by atoms with van der Waals surface area (Å²) in [4.78, 5) is 28.0. The van der Waals surface area contributed by atoms with Crippen LogP contribution in [-0.4, -0.2) is 60.5 Å². The molecule has 0 saturated carbocycles. The Kier molecular flexibility index (Phi) is 6.31. The predicted octanol–water partition coefficient (Wildman–Crippen LogP) is 2.76. The molecule has 174 valence electrons. The quantitative estimate of drug-likeness (QED) is 0.682. The highest BCUT2D eigenvalue weighted by molar-refractivity contribution is 7.89. The maximum atomic E-state index is 13.5. The van der Waals surface area contributed by atoms with Gasteiger partial charge in [0.1, 0.15) is 0 Å². The maximum Gasteiger partial charge on any atom is 0.243 e. The lowest BCUT2D eigenvalue weighted by molar-refractivity contribution is -0.135. The Labute approximate surface area is 190 Å². The molecule has 2 aromatic carbocycles. The molecule has 0 bridgehead atoms. The summed E-state index contributed by atoms with van der Waals surface area (Å²) < 4.78 is 53.4. The molecule has 10 heteroatoms. The van der Waals surface area contributed by atoms with Gasteiger partial charge in [0.2, 0.25) is 21.8 Å². The molecule has 2 aliphatic rings. The zero-order chi connectivity index (χ0) is 23.8. The molecule has 2 aromatic rings. The van der Waals surface area contributed by atoms with Crippen LogP contribution in [0.5, 0.6) is 0 Å². The SMILES string of the molecule is CC(=O)N1C=Cc2ccccc2C1CC(=O)N1CCN(S(=O)(=O)c2ccc(F)c(F)c2)CC1. The number of fused-ring (bicyclic) bond motifs is 1. The summed E-state index contributed by atoms with van der Waals surface area (Å²) in [5.74, 6) is -2.73. The molecule has 0 spiro atoms. The van der Waals surface area contributed by atoms with E-state index in [9.17, 15) is 26.8 Å². The fourth-order valence-corrected chi connectivity index (χ4v) is 5.61. The van der Waals surface area contributed by atoms with Gasteiger partial charge < -0.3 is 9.80 Å². The van der Waals surface area contributed by atoms with E-state index in [1.54, 1.807) is 11.1 Å². The van der Waals surface area contributed by atoms with E-state index >= 15 is 0 Å². The van der Waals surface area contributed by atoms with Gasteiger partial charge in [-0.3, -0.25) is 9.59 Å². The summed E-state index contributed by atoms with van der Waals surface area (Å²) >= 11 is 0. The molecular formula is C23H23F2N3O4S. The van der Waals surface area contributed by atoms with Gasteiger partial charge in [-0.1, -0.05) is 24.3 Å². The van der Waals surface area contributed by atoms with Crippen LogP contribution in [0.25, 0.3) is 6.08 Å². The summed E-state index contributed by atoms with van der Waals surface area (Å²) in [6.45, 7) is 1.82. The Bertz CT molecular complexity index is 1220. The first-order chi connectivity index (χ1) is 15.7. The number of carbonyl (C=O) groups is 2. The molecule has 2 heterocycles. The highest BCUT2D eigenvalue weighted by Gasteiger charge is 2.33. The van der Waals surface area contributed by atoms with Crippen molar-refractivity contribution in [2.24, 2.45) is 0 Å². The molecule has 0 aliphatic carbocycles. The fourth-order valence-electron chi connectivity index (χ4n) is 4.17. The molecule has 1 saturated heterocycles. The van der Waals surface area contributed by atoms with Gasteiger partial charge >= 0.3 is 0 Å². The van der Waals surface area contributed by atoms with Crippen LogP contribution in [0.3, 0.4) is 0 Å². The largest absolute Gasteiger partial charge is 0.340 e. The number of amides is 2. The van der Waals surface area contributed by atoms with Crippen LogP contribution >= 0.6 is 0 Å². The second kappa shape index (κ2) is 9.03. The van der Waals surface area contributed by atoms with E-state index < -0.39 is 27.7 Å². The number of carbonyl (C=O) groups excluding carboxylic acids is 2. The molecule has 2 aliphatic heterocycles. The van der Waals surface area contributed by atoms with Crippen molar-refractivity contribution in [3.63, 3.8) is 0 Å². The Morgan fingerprint density at radius 3 is 2.36 bits per heavy atom. The lowest BCUT2D eigenvalue weighted by Gasteiger charge is -2.37. The van der Waals surface area contributed by atoms with Crippen LogP contribution in [0.1, 0.15) is 30.5 Å². The minimum absolute atomic E-state index is 0.0324. The maximum absolute atomic E-state index is 13.5. The van der Waals surface area contributed by atoms with Crippen LogP contribution in [0.2, 0.25) is 0 Å². The standard InChI is InChI=1S/C23H23F2N3O4S/c1-16(29)28-9-8-17-4-2-3-5-19(17)22(28)15-23(30)26-10-12-27(13-11-26)33(31,32)18-6-7-20(24)21(25)14-18/h2-9,14,22H,10-13,15H2,1H3. The summed E-state index contributed by atoms with van der Waals surface area (Å²) in [5.41, 5.74) is 1.82. The molecule has 1 atom stereocenters. The van der Waals surface area contributed by atoms with Gasteiger partial charge in [0.15, 0.2) is 11.6 Å². The van der Waals surface area contributed by atoms with Crippen LogP contribution in [0.15, 0.2) is 53.6 Å². The van der Waals surface area contributed by atoms with Crippen molar-refractivity contribution < 1.29 is 26.8 Å². The number of nitrogens with zero attached hydrogens (tertiary/aromatic N) is 3. The second-order valence-electron chi connectivity index (χ2n) is 7.95. The van der Waals surface area contributed by atoms with E-state index in [2.05, 4.69) is 0 Å². The summed E-state index contributed by atoms with van der Waals surface area (Å²) in [6.07, 6.45) is 3.57. The number of halogens is 2. The van der Waals surface area contributed by atoms with Crippen molar-refractivity contribution in [2.45, 2.75) is 24.3 Å². The molecule has 2 amide bonds. The first-order valence-electron chi connectivity index (χ1n) is 10.5.